The standard InChI is InChI=1S/C39H71N7O8/c1-8-10-11-12-13-14-15-16-20-31-27(6)39(53)46(7)30(22-25(3)4)37(51)45-34(26(5)9-2)38(52)44-29(24-47)36(50)43-28(19-17-18-21-32(40)41)35(49)42-23-33(48)54-31/h25-31,34,47H,8-24H2,1-7H3,(H3,40,41)(H,42,49)(H,43,50)(H,44,52)(H,45,51)/t26-,27+,28-,29-,30-,31+,34-/m0/s1. The van der Waals surface area contributed by atoms with E-state index in [1.807, 2.05) is 20.8 Å². The highest BCUT2D eigenvalue weighted by atomic mass is 16.5. The Morgan fingerprint density at radius 3 is 2.00 bits per heavy atom. The number of aliphatic hydroxyl groups excluding tert-OH is 1. The molecule has 1 saturated heterocycles. The number of likely N-dealkylation sites (N-methyl/N-ethyl adjacent to an activating group) is 1. The van der Waals surface area contributed by atoms with Crippen LogP contribution in [0.4, 0.5) is 0 Å². The monoisotopic (exact) mass is 766 g/mol. The highest BCUT2D eigenvalue weighted by molar-refractivity contribution is 5.96. The normalized spacial score (nSPS) is 24.7. The minimum atomic E-state index is -1.46. The van der Waals surface area contributed by atoms with E-state index in [1.165, 1.54) is 31.2 Å². The van der Waals surface area contributed by atoms with Gasteiger partial charge in [0.1, 0.15) is 36.8 Å². The molecule has 0 aromatic carbocycles. The number of nitrogens with one attached hydrogen (secondary N) is 5. The summed E-state index contributed by atoms with van der Waals surface area (Å²) in [7, 11) is 1.53. The van der Waals surface area contributed by atoms with Crippen LogP contribution in [-0.4, -0.2) is 102 Å². The largest absolute Gasteiger partial charge is 0.460 e. The van der Waals surface area contributed by atoms with Crippen LogP contribution >= 0.6 is 0 Å². The number of nitrogens with zero attached hydrogens (tertiary/aromatic N) is 1. The number of ether oxygens (including phenoxy) is 1. The van der Waals surface area contributed by atoms with Crippen molar-refractivity contribution in [2.24, 2.45) is 23.5 Å². The summed E-state index contributed by atoms with van der Waals surface area (Å²) in [6, 6.07) is -4.69. The molecule has 1 fully saturated rings. The van der Waals surface area contributed by atoms with Gasteiger partial charge in [-0.1, -0.05) is 99.3 Å². The number of rotatable bonds is 19. The summed E-state index contributed by atoms with van der Waals surface area (Å²) in [5.74, 6) is -5.18. The second kappa shape index (κ2) is 26.1. The van der Waals surface area contributed by atoms with Crippen molar-refractivity contribution in [2.75, 3.05) is 20.2 Å². The molecule has 0 unspecified atom stereocenters. The maximum Gasteiger partial charge on any atom is 0.325 e. The van der Waals surface area contributed by atoms with Gasteiger partial charge in [0.15, 0.2) is 0 Å². The van der Waals surface area contributed by atoms with Crippen LogP contribution in [0.3, 0.4) is 0 Å². The molecular formula is C39H71N7O8. The number of carbonyl (C=O) groups excluding carboxylic acids is 6. The van der Waals surface area contributed by atoms with Crippen LogP contribution in [0.5, 0.6) is 0 Å². The van der Waals surface area contributed by atoms with Gasteiger partial charge < -0.3 is 41.7 Å². The number of aliphatic hydroxyl groups is 1. The summed E-state index contributed by atoms with van der Waals surface area (Å²) in [4.78, 5) is 83.2. The minimum absolute atomic E-state index is 0.00350. The summed E-state index contributed by atoms with van der Waals surface area (Å²) >= 11 is 0. The Balaban J connectivity index is 3.53. The molecule has 0 bridgehead atoms. The Kier molecular flexibility index (Phi) is 23.4. The fourth-order valence-electron chi connectivity index (χ4n) is 6.52. The zero-order valence-corrected chi connectivity index (χ0v) is 34.0. The molecule has 310 valence electrons. The number of esters is 1. The van der Waals surface area contributed by atoms with Gasteiger partial charge in [-0.15, -0.1) is 0 Å². The first kappa shape index (κ1) is 48.3. The molecule has 1 aliphatic heterocycles. The summed E-state index contributed by atoms with van der Waals surface area (Å²) in [6.45, 7) is 9.98. The molecule has 15 heteroatoms. The Hall–Kier alpha value is -3.75. The van der Waals surface area contributed by atoms with E-state index >= 15 is 0 Å². The molecule has 54 heavy (non-hydrogen) atoms. The van der Waals surface area contributed by atoms with E-state index in [0.29, 0.717) is 38.5 Å². The summed E-state index contributed by atoms with van der Waals surface area (Å²) < 4.78 is 5.88. The highest BCUT2D eigenvalue weighted by Gasteiger charge is 2.38. The number of hydrogen-bond acceptors (Lipinski definition) is 9. The first-order chi connectivity index (χ1) is 25.6. The van der Waals surface area contributed by atoms with E-state index in [1.54, 1.807) is 13.8 Å². The predicted octanol–water partition coefficient (Wildman–Crippen LogP) is 3.06. The van der Waals surface area contributed by atoms with Gasteiger partial charge in [-0.3, -0.25) is 34.2 Å². The third-order valence-electron chi connectivity index (χ3n) is 10.2. The molecule has 1 aliphatic rings. The maximum atomic E-state index is 14.1. The SMILES string of the molecule is CCCCCCCCCC[C@H]1OC(=O)CNC(=O)[C@H](CCCCC(=N)N)NC(=O)[C@H](CO)NC(=O)[C@H]([C@@H](C)CC)NC(=O)[C@H](CC(C)C)N(C)C(=O)[C@@H]1C. The van der Waals surface area contributed by atoms with Gasteiger partial charge in [0.25, 0.3) is 0 Å². The van der Waals surface area contributed by atoms with Gasteiger partial charge in [0, 0.05) is 13.5 Å². The van der Waals surface area contributed by atoms with E-state index in [-0.39, 0.29) is 30.5 Å². The van der Waals surface area contributed by atoms with E-state index in [2.05, 4.69) is 28.2 Å². The third-order valence-corrected chi connectivity index (χ3v) is 10.2. The Labute approximate surface area is 322 Å². The van der Waals surface area contributed by atoms with E-state index in [0.717, 1.165) is 25.7 Å². The highest BCUT2D eigenvalue weighted by Crippen LogP contribution is 2.22. The molecule has 0 saturated carbocycles. The average molecular weight is 766 g/mol. The average Bonchev–Trinajstić information content (AvgIpc) is 3.13. The first-order valence-corrected chi connectivity index (χ1v) is 20.2. The van der Waals surface area contributed by atoms with Crippen LogP contribution in [-0.2, 0) is 33.5 Å². The lowest BCUT2D eigenvalue weighted by Crippen LogP contribution is -2.60. The number of amides is 5. The fourth-order valence-corrected chi connectivity index (χ4v) is 6.52. The number of amidine groups is 1. The summed E-state index contributed by atoms with van der Waals surface area (Å²) in [6.07, 6.45) is 10.1. The van der Waals surface area contributed by atoms with E-state index in [4.69, 9.17) is 15.9 Å². The molecule has 1 rings (SSSR count). The molecule has 0 spiro atoms. The molecule has 0 radical (unpaired) electrons. The zero-order chi connectivity index (χ0) is 40.8. The van der Waals surface area contributed by atoms with E-state index < -0.39 is 84.8 Å². The number of unbranched alkanes of at least 4 members (excludes halogenated alkanes) is 8. The molecular weight excluding hydrogens is 694 g/mol. The Bertz CT molecular complexity index is 1220. The van der Waals surface area contributed by atoms with Crippen molar-refractivity contribution >= 4 is 41.3 Å². The zero-order valence-electron chi connectivity index (χ0n) is 34.0. The van der Waals surface area contributed by atoms with Gasteiger partial charge in [0.2, 0.25) is 29.5 Å². The van der Waals surface area contributed by atoms with Crippen molar-refractivity contribution in [1.82, 2.24) is 26.2 Å². The first-order valence-electron chi connectivity index (χ1n) is 20.2. The third kappa shape index (κ3) is 17.6. The number of hydrogen-bond donors (Lipinski definition) is 7. The van der Waals surface area contributed by atoms with Crippen molar-refractivity contribution in [3.05, 3.63) is 0 Å². The maximum absolute atomic E-state index is 14.1. The van der Waals surface area contributed by atoms with Gasteiger partial charge in [-0.05, 0) is 43.9 Å². The van der Waals surface area contributed by atoms with Gasteiger partial charge in [0.05, 0.1) is 18.4 Å². The molecule has 15 nitrogen and oxygen atoms in total. The van der Waals surface area contributed by atoms with Crippen molar-refractivity contribution in [2.45, 2.75) is 168 Å². The Morgan fingerprint density at radius 2 is 1.43 bits per heavy atom. The van der Waals surface area contributed by atoms with Gasteiger partial charge in [-0.2, -0.15) is 0 Å². The van der Waals surface area contributed by atoms with Crippen LogP contribution in [0.2, 0.25) is 0 Å². The molecule has 1 heterocycles. The van der Waals surface area contributed by atoms with Crippen molar-refractivity contribution in [3.63, 3.8) is 0 Å². The second-order valence-electron chi connectivity index (χ2n) is 15.3. The molecule has 0 aromatic rings. The lowest BCUT2D eigenvalue weighted by molar-refractivity contribution is -0.157. The number of nitrogens with two attached hydrogens (primary N) is 1. The fraction of sp³-hybridized carbons (Fsp3) is 0.821. The predicted molar refractivity (Wildman–Crippen MR) is 208 cm³/mol. The van der Waals surface area contributed by atoms with Crippen molar-refractivity contribution in [1.29, 1.82) is 5.41 Å². The lowest BCUT2D eigenvalue weighted by Gasteiger charge is -2.34. The summed E-state index contributed by atoms with van der Waals surface area (Å²) in [5.41, 5.74) is 5.47. The lowest BCUT2D eigenvalue weighted by atomic mass is 9.94. The van der Waals surface area contributed by atoms with Crippen LogP contribution < -0.4 is 27.0 Å². The van der Waals surface area contributed by atoms with Gasteiger partial charge in [-0.25, -0.2) is 0 Å². The molecule has 7 atom stereocenters. The molecule has 8 N–H and O–H groups in total. The molecule has 5 amide bonds. The smallest absolute Gasteiger partial charge is 0.325 e. The van der Waals surface area contributed by atoms with Crippen LogP contribution in [0, 0.1) is 23.2 Å². The van der Waals surface area contributed by atoms with Crippen LogP contribution in [0.15, 0.2) is 0 Å². The van der Waals surface area contributed by atoms with Crippen LogP contribution in [0.1, 0.15) is 138 Å². The van der Waals surface area contributed by atoms with Crippen LogP contribution in [0.25, 0.3) is 0 Å². The quantitative estimate of drug-likeness (QED) is 0.0443. The van der Waals surface area contributed by atoms with Gasteiger partial charge >= 0.3 is 5.97 Å². The second-order valence-corrected chi connectivity index (χ2v) is 15.3. The molecule has 0 aliphatic carbocycles. The van der Waals surface area contributed by atoms with E-state index in [9.17, 15) is 33.9 Å². The topological polar surface area (TPSA) is 233 Å². The summed E-state index contributed by atoms with van der Waals surface area (Å²) in [5, 5.41) is 28.1. The Morgan fingerprint density at radius 1 is 0.833 bits per heavy atom. The van der Waals surface area contributed by atoms with Crippen molar-refractivity contribution in [3.8, 4) is 0 Å². The van der Waals surface area contributed by atoms with Crippen molar-refractivity contribution < 1.29 is 38.6 Å². The minimum Gasteiger partial charge on any atom is -0.460 e. The number of carbonyl (C=O) groups is 6. The number of cyclic esters (lactones) is 1. The molecule has 0 aromatic heterocycles.